The number of amides is 1. The summed E-state index contributed by atoms with van der Waals surface area (Å²) in [4.78, 5) is 10.7. The van der Waals surface area contributed by atoms with Crippen molar-refractivity contribution in [3.05, 3.63) is 34.9 Å². The Labute approximate surface area is 84.2 Å². The van der Waals surface area contributed by atoms with Crippen molar-refractivity contribution >= 4 is 34.4 Å². The second-order valence-electron chi connectivity index (χ2n) is 2.06. The van der Waals surface area contributed by atoms with E-state index in [1.165, 1.54) is 0 Å². The number of anilines is 1. The maximum Gasteiger partial charge on any atom is 0.411 e. The van der Waals surface area contributed by atoms with Gasteiger partial charge in [-0.25, -0.2) is 4.79 Å². The molecule has 1 amide bonds. The molecule has 0 bridgehead atoms. The first-order chi connectivity index (χ1) is 5.72. The molecule has 0 saturated heterocycles. The van der Waals surface area contributed by atoms with Crippen LogP contribution >= 0.6 is 22.6 Å². The maximum absolute atomic E-state index is 10.7. The summed E-state index contributed by atoms with van der Waals surface area (Å²) in [6.07, 6.45) is -0.559. The van der Waals surface area contributed by atoms with E-state index in [-0.39, 0.29) is 0 Å². The highest BCUT2D eigenvalue weighted by Crippen LogP contribution is 2.10. The van der Waals surface area contributed by atoms with Crippen molar-refractivity contribution in [1.29, 1.82) is 0 Å². The average Bonchev–Trinajstić information content (AvgIpc) is 2.09. The Hall–Kier alpha value is -0.780. The summed E-state index contributed by atoms with van der Waals surface area (Å²) in [6.45, 7) is 0. The van der Waals surface area contributed by atoms with Gasteiger partial charge in [-0.2, -0.15) is 0 Å². The summed E-state index contributed by atoms with van der Waals surface area (Å²) in [7, 11) is 2.99. The van der Waals surface area contributed by atoms with Crippen LogP contribution in [0.4, 0.5) is 10.5 Å². The number of halogens is 1. The molecule has 4 heteroatoms. The molecular weight excluding hydrogens is 269 g/mol. The molecular formula is C8H7INO2. The summed E-state index contributed by atoms with van der Waals surface area (Å²) < 4.78 is 5.29. The highest BCUT2D eigenvalue weighted by molar-refractivity contribution is 14.1. The molecule has 0 spiro atoms. The first-order valence-electron chi connectivity index (χ1n) is 3.21. The minimum absolute atomic E-state index is 0.559. The van der Waals surface area contributed by atoms with Crippen LogP contribution in [-0.2, 0) is 4.74 Å². The molecule has 0 aromatic heterocycles. The predicted molar refractivity (Wildman–Crippen MR) is 54.6 cm³/mol. The van der Waals surface area contributed by atoms with E-state index in [4.69, 9.17) is 0 Å². The minimum atomic E-state index is -0.559. The molecule has 1 aromatic carbocycles. The third kappa shape index (κ3) is 2.69. The van der Waals surface area contributed by atoms with Crippen LogP contribution in [0.15, 0.2) is 24.3 Å². The van der Waals surface area contributed by atoms with Crippen molar-refractivity contribution in [2.45, 2.75) is 0 Å². The summed E-state index contributed by atoms with van der Waals surface area (Å²) in [5.74, 6) is 0. The minimum Gasteiger partial charge on any atom is -0.446 e. The summed E-state index contributed by atoms with van der Waals surface area (Å²) >= 11 is 2.18. The molecule has 3 nitrogen and oxygen atoms in total. The van der Waals surface area contributed by atoms with Crippen molar-refractivity contribution in [3.63, 3.8) is 0 Å². The van der Waals surface area contributed by atoms with Gasteiger partial charge in [0.1, 0.15) is 7.11 Å². The lowest BCUT2D eigenvalue weighted by molar-refractivity contribution is 0.199. The number of carbonyl (C=O) groups excluding carboxylic acids is 1. The first kappa shape index (κ1) is 9.31. The summed E-state index contributed by atoms with van der Waals surface area (Å²) in [5, 5.41) is 2.49. The monoisotopic (exact) mass is 276 g/mol. The third-order valence-electron chi connectivity index (χ3n) is 1.22. The molecule has 1 N–H and O–H groups in total. The lowest BCUT2D eigenvalue weighted by Gasteiger charge is -2.02. The van der Waals surface area contributed by atoms with Gasteiger partial charge in [0.25, 0.3) is 0 Å². The van der Waals surface area contributed by atoms with E-state index in [1.54, 1.807) is 12.1 Å². The van der Waals surface area contributed by atoms with E-state index >= 15 is 0 Å². The Morgan fingerprint density at radius 2 is 2.00 bits per heavy atom. The normalized spacial score (nSPS) is 9.17. The van der Waals surface area contributed by atoms with Gasteiger partial charge >= 0.3 is 6.09 Å². The lowest BCUT2D eigenvalue weighted by atomic mass is 10.3. The molecule has 0 aliphatic heterocycles. The Bertz CT molecular complexity index is 271. The van der Waals surface area contributed by atoms with E-state index in [2.05, 4.69) is 39.8 Å². The smallest absolute Gasteiger partial charge is 0.411 e. The molecule has 0 atom stereocenters. The van der Waals surface area contributed by atoms with Crippen LogP contribution in [0.5, 0.6) is 0 Å². The third-order valence-corrected chi connectivity index (χ3v) is 1.94. The molecule has 1 rings (SSSR count). The Morgan fingerprint density at radius 3 is 2.50 bits per heavy atom. The van der Waals surface area contributed by atoms with E-state index in [0.29, 0.717) is 5.69 Å². The predicted octanol–water partition coefficient (Wildman–Crippen LogP) is 2.63. The molecule has 12 heavy (non-hydrogen) atoms. The van der Waals surface area contributed by atoms with Gasteiger partial charge in [-0.05, 0) is 46.9 Å². The van der Waals surface area contributed by atoms with E-state index in [0.717, 1.165) is 3.57 Å². The zero-order chi connectivity index (χ0) is 8.97. The van der Waals surface area contributed by atoms with Gasteiger partial charge in [0.2, 0.25) is 0 Å². The van der Waals surface area contributed by atoms with Gasteiger partial charge in [-0.1, -0.05) is 0 Å². The Morgan fingerprint density at radius 1 is 1.42 bits per heavy atom. The highest BCUT2D eigenvalue weighted by Gasteiger charge is 1.98. The lowest BCUT2D eigenvalue weighted by Crippen LogP contribution is -2.09. The van der Waals surface area contributed by atoms with Gasteiger partial charge in [-0.3, -0.25) is 5.32 Å². The standard InChI is InChI=1S/C8H7INO2/c1-12-8(11)10-7-4-2-6(9)3-5-7/h2-5H,1H2,(H,10,11). The second-order valence-corrected chi connectivity index (χ2v) is 3.31. The van der Waals surface area contributed by atoms with Crippen LogP contribution in [0.1, 0.15) is 0 Å². The molecule has 0 heterocycles. The number of carbonyl (C=O) groups is 1. The van der Waals surface area contributed by atoms with Crippen LogP contribution < -0.4 is 5.32 Å². The molecule has 0 fully saturated rings. The summed E-state index contributed by atoms with van der Waals surface area (Å²) in [5.41, 5.74) is 0.698. The zero-order valence-corrected chi connectivity index (χ0v) is 8.37. The molecule has 0 aliphatic rings. The number of benzene rings is 1. The van der Waals surface area contributed by atoms with Gasteiger partial charge in [0.05, 0.1) is 0 Å². The van der Waals surface area contributed by atoms with Gasteiger partial charge in [-0.15, -0.1) is 0 Å². The average molecular weight is 276 g/mol. The SMILES string of the molecule is [CH2]OC(=O)Nc1ccc(I)cc1. The molecule has 0 saturated carbocycles. The van der Waals surface area contributed by atoms with Crippen LogP contribution in [0.2, 0.25) is 0 Å². The number of rotatable bonds is 1. The Balaban J connectivity index is 2.64. The van der Waals surface area contributed by atoms with E-state index < -0.39 is 6.09 Å². The van der Waals surface area contributed by atoms with E-state index in [9.17, 15) is 4.79 Å². The van der Waals surface area contributed by atoms with Crippen LogP contribution in [0.25, 0.3) is 0 Å². The second kappa shape index (κ2) is 4.30. The number of nitrogens with one attached hydrogen (secondary N) is 1. The van der Waals surface area contributed by atoms with Crippen molar-refractivity contribution in [2.24, 2.45) is 0 Å². The van der Waals surface area contributed by atoms with Crippen molar-refractivity contribution in [1.82, 2.24) is 0 Å². The zero-order valence-electron chi connectivity index (χ0n) is 6.21. The van der Waals surface area contributed by atoms with Gasteiger partial charge in [0.15, 0.2) is 0 Å². The molecule has 0 unspecified atom stereocenters. The van der Waals surface area contributed by atoms with Crippen LogP contribution in [0, 0.1) is 10.7 Å². The largest absolute Gasteiger partial charge is 0.446 e. The molecule has 0 aliphatic carbocycles. The van der Waals surface area contributed by atoms with E-state index in [1.807, 2.05) is 12.1 Å². The number of ether oxygens (including phenoxy) is 1. The molecule has 63 valence electrons. The van der Waals surface area contributed by atoms with Crippen molar-refractivity contribution in [3.8, 4) is 0 Å². The number of hydrogen-bond donors (Lipinski definition) is 1. The topological polar surface area (TPSA) is 38.3 Å². The maximum atomic E-state index is 10.7. The first-order valence-corrected chi connectivity index (χ1v) is 4.29. The fourth-order valence-corrected chi connectivity index (χ4v) is 1.05. The highest BCUT2D eigenvalue weighted by atomic mass is 127. The van der Waals surface area contributed by atoms with Gasteiger partial charge in [0, 0.05) is 9.26 Å². The van der Waals surface area contributed by atoms with Crippen LogP contribution in [-0.4, -0.2) is 6.09 Å². The van der Waals surface area contributed by atoms with Crippen molar-refractivity contribution < 1.29 is 9.53 Å². The van der Waals surface area contributed by atoms with Gasteiger partial charge < -0.3 is 4.74 Å². The summed E-state index contributed by atoms with van der Waals surface area (Å²) in [6, 6.07) is 7.36. The van der Waals surface area contributed by atoms with Crippen molar-refractivity contribution in [2.75, 3.05) is 5.32 Å². The Kier molecular flexibility index (Phi) is 3.33. The van der Waals surface area contributed by atoms with Crippen LogP contribution in [0.3, 0.4) is 0 Å². The molecule has 1 aromatic rings. The number of hydrogen-bond acceptors (Lipinski definition) is 2. The fraction of sp³-hybridized carbons (Fsp3) is 0. The quantitative estimate of drug-likeness (QED) is 0.801. The fourth-order valence-electron chi connectivity index (χ4n) is 0.687. The molecule has 1 radical (unpaired) electrons.